The zero-order valence-electron chi connectivity index (χ0n) is 12.0. The average molecular weight is 326 g/mol. The number of halogens is 1. The molecule has 7 heteroatoms. The first kappa shape index (κ1) is 15.9. The number of thioether (sulfide) groups is 1. The molecule has 2 rings (SSSR count). The molecule has 0 aliphatic rings. The zero-order valence-corrected chi connectivity index (χ0v) is 13.6. The van der Waals surface area contributed by atoms with Crippen molar-refractivity contribution in [1.82, 2.24) is 10.1 Å². The van der Waals surface area contributed by atoms with Crippen LogP contribution in [0.2, 0.25) is 5.02 Å². The highest BCUT2D eigenvalue weighted by Gasteiger charge is 2.13. The van der Waals surface area contributed by atoms with Gasteiger partial charge in [0.15, 0.2) is 11.5 Å². The Balaban J connectivity index is 2.07. The SMILES string of the molecule is CSc1ccc(NC(=O)c2cc(CN(C)C)on2)cc1Cl. The average Bonchev–Trinajstić information content (AvgIpc) is 2.86. The van der Waals surface area contributed by atoms with Gasteiger partial charge in [0.1, 0.15) is 0 Å². The molecule has 1 amide bonds. The first-order chi connectivity index (χ1) is 9.99. The van der Waals surface area contributed by atoms with Gasteiger partial charge >= 0.3 is 0 Å². The number of amides is 1. The van der Waals surface area contributed by atoms with Crippen molar-refractivity contribution < 1.29 is 9.32 Å². The molecule has 0 fully saturated rings. The molecule has 1 aromatic carbocycles. The van der Waals surface area contributed by atoms with Gasteiger partial charge in [-0.2, -0.15) is 0 Å². The Bertz CT molecular complexity index is 643. The van der Waals surface area contributed by atoms with Crippen molar-refractivity contribution >= 4 is 35.0 Å². The Morgan fingerprint density at radius 2 is 2.19 bits per heavy atom. The van der Waals surface area contributed by atoms with Crippen LogP contribution in [0.1, 0.15) is 16.2 Å². The Morgan fingerprint density at radius 3 is 2.81 bits per heavy atom. The number of rotatable bonds is 5. The summed E-state index contributed by atoms with van der Waals surface area (Å²) in [5.74, 6) is 0.317. The van der Waals surface area contributed by atoms with Gasteiger partial charge in [-0.1, -0.05) is 16.8 Å². The maximum absolute atomic E-state index is 12.1. The lowest BCUT2D eigenvalue weighted by atomic mass is 10.3. The maximum atomic E-state index is 12.1. The molecular weight excluding hydrogens is 310 g/mol. The van der Waals surface area contributed by atoms with Gasteiger partial charge in [-0.05, 0) is 38.6 Å². The fourth-order valence-electron chi connectivity index (χ4n) is 1.75. The number of carbonyl (C=O) groups is 1. The summed E-state index contributed by atoms with van der Waals surface area (Å²) >= 11 is 7.66. The lowest BCUT2D eigenvalue weighted by molar-refractivity contribution is 0.101. The maximum Gasteiger partial charge on any atom is 0.277 e. The molecule has 0 aliphatic heterocycles. The molecule has 0 aliphatic carbocycles. The minimum Gasteiger partial charge on any atom is -0.359 e. The van der Waals surface area contributed by atoms with Crippen molar-refractivity contribution in [1.29, 1.82) is 0 Å². The smallest absolute Gasteiger partial charge is 0.277 e. The molecule has 0 saturated carbocycles. The fourth-order valence-corrected chi connectivity index (χ4v) is 2.62. The van der Waals surface area contributed by atoms with E-state index in [1.807, 2.05) is 31.3 Å². The summed E-state index contributed by atoms with van der Waals surface area (Å²) < 4.78 is 5.11. The van der Waals surface area contributed by atoms with Gasteiger partial charge in [0.25, 0.3) is 5.91 Å². The summed E-state index contributed by atoms with van der Waals surface area (Å²) in [6.45, 7) is 0.592. The van der Waals surface area contributed by atoms with Crippen molar-refractivity contribution in [3.63, 3.8) is 0 Å². The number of carbonyl (C=O) groups excluding carboxylic acids is 1. The van der Waals surface area contributed by atoms with Gasteiger partial charge in [0.2, 0.25) is 0 Å². The van der Waals surface area contributed by atoms with Crippen LogP contribution in [0.4, 0.5) is 5.69 Å². The van der Waals surface area contributed by atoms with Crippen molar-refractivity contribution in [3.05, 3.63) is 40.7 Å². The monoisotopic (exact) mass is 325 g/mol. The third-order valence-electron chi connectivity index (χ3n) is 2.67. The van der Waals surface area contributed by atoms with Crippen LogP contribution < -0.4 is 5.32 Å². The largest absolute Gasteiger partial charge is 0.359 e. The number of anilines is 1. The molecule has 1 aromatic heterocycles. The van der Waals surface area contributed by atoms with Gasteiger partial charge in [-0.3, -0.25) is 4.79 Å². The van der Waals surface area contributed by atoms with Crippen LogP contribution >= 0.6 is 23.4 Å². The number of nitrogens with one attached hydrogen (secondary N) is 1. The zero-order chi connectivity index (χ0) is 15.4. The predicted octanol–water partition coefficient (Wildman–Crippen LogP) is 3.36. The van der Waals surface area contributed by atoms with Crippen molar-refractivity contribution in [2.24, 2.45) is 0 Å². The highest BCUT2D eigenvalue weighted by molar-refractivity contribution is 7.98. The molecule has 0 saturated heterocycles. The van der Waals surface area contributed by atoms with Crippen molar-refractivity contribution in [2.45, 2.75) is 11.4 Å². The second-order valence-electron chi connectivity index (χ2n) is 4.72. The van der Waals surface area contributed by atoms with E-state index in [-0.39, 0.29) is 11.6 Å². The molecule has 21 heavy (non-hydrogen) atoms. The van der Waals surface area contributed by atoms with Crippen molar-refractivity contribution in [3.8, 4) is 0 Å². The van der Waals surface area contributed by atoms with Crippen LogP contribution in [0, 0.1) is 0 Å². The molecular formula is C14H16ClN3O2S. The molecule has 2 aromatic rings. The number of nitrogens with zero attached hydrogens (tertiary/aromatic N) is 2. The molecule has 112 valence electrons. The highest BCUT2D eigenvalue weighted by Crippen LogP contribution is 2.28. The number of aromatic nitrogens is 1. The molecule has 1 N–H and O–H groups in total. The third kappa shape index (κ3) is 4.23. The van der Waals surface area contributed by atoms with Crippen LogP contribution in [0.25, 0.3) is 0 Å². The Kier molecular flexibility index (Phi) is 5.27. The van der Waals surface area contributed by atoms with E-state index < -0.39 is 0 Å². The van der Waals surface area contributed by atoms with E-state index in [0.717, 1.165) is 4.90 Å². The van der Waals surface area contributed by atoms with Crippen LogP contribution in [0.5, 0.6) is 0 Å². The molecule has 0 radical (unpaired) electrons. The van der Waals surface area contributed by atoms with Gasteiger partial charge < -0.3 is 14.7 Å². The summed E-state index contributed by atoms with van der Waals surface area (Å²) in [6, 6.07) is 7.01. The molecule has 0 unspecified atom stereocenters. The minimum absolute atomic E-state index is 0.247. The number of benzene rings is 1. The first-order valence-electron chi connectivity index (χ1n) is 6.25. The van der Waals surface area contributed by atoms with Crippen LogP contribution in [-0.2, 0) is 6.54 Å². The Labute approximate surface area is 132 Å². The normalized spacial score (nSPS) is 10.9. The van der Waals surface area contributed by atoms with E-state index in [9.17, 15) is 4.79 Å². The second kappa shape index (κ2) is 6.98. The van der Waals surface area contributed by atoms with Crippen LogP contribution in [-0.4, -0.2) is 36.3 Å². The second-order valence-corrected chi connectivity index (χ2v) is 5.97. The molecule has 5 nitrogen and oxygen atoms in total. The Morgan fingerprint density at radius 1 is 1.43 bits per heavy atom. The summed E-state index contributed by atoms with van der Waals surface area (Å²) in [6.07, 6.45) is 1.95. The van der Waals surface area contributed by atoms with Gasteiger partial charge in [-0.25, -0.2) is 0 Å². The minimum atomic E-state index is -0.322. The van der Waals surface area contributed by atoms with E-state index in [2.05, 4.69) is 10.5 Å². The van der Waals surface area contributed by atoms with Crippen LogP contribution in [0.15, 0.2) is 33.7 Å². The fraction of sp³-hybridized carbons (Fsp3) is 0.286. The molecule has 0 bridgehead atoms. The number of hydrogen-bond donors (Lipinski definition) is 1. The summed E-state index contributed by atoms with van der Waals surface area (Å²) in [5.41, 5.74) is 0.872. The predicted molar refractivity (Wildman–Crippen MR) is 85.1 cm³/mol. The molecule has 1 heterocycles. The Hall–Kier alpha value is -1.50. The standard InChI is InChI=1S/C14H16ClN3O2S/c1-18(2)8-10-7-12(17-20-10)14(19)16-9-4-5-13(21-3)11(15)6-9/h4-7H,8H2,1-3H3,(H,16,19). The van der Waals surface area contributed by atoms with E-state index in [4.69, 9.17) is 16.1 Å². The first-order valence-corrected chi connectivity index (χ1v) is 7.85. The van der Waals surface area contributed by atoms with Crippen molar-refractivity contribution in [2.75, 3.05) is 25.7 Å². The van der Waals surface area contributed by atoms with Gasteiger partial charge in [0.05, 0.1) is 11.6 Å². The molecule has 0 spiro atoms. The van der Waals surface area contributed by atoms with E-state index in [1.165, 1.54) is 0 Å². The molecule has 0 atom stereocenters. The summed E-state index contributed by atoms with van der Waals surface area (Å²) in [7, 11) is 3.83. The van der Waals surface area contributed by atoms with Gasteiger partial charge in [0, 0.05) is 16.6 Å². The van der Waals surface area contributed by atoms with Gasteiger partial charge in [-0.15, -0.1) is 11.8 Å². The quantitative estimate of drug-likeness (QED) is 0.854. The van der Waals surface area contributed by atoms with E-state index in [1.54, 1.807) is 30.0 Å². The lowest BCUT2D eigenvalue weighted by Gasteiger charge is -2.06. The number of hydrogen-bond acceptors (Lipinski definition) is 5. The van der Waals surface area contributed by atoms with Crippen LogP contribution in [0.3, 0.4) is 0 Å². The lowest BCUT2D eigenvalue weighted by Crippen LogP contribution is -2.12. The van der Waals surface area contributed by atoms with E-state index in [0.29, 0.717) is 23.0 Å². The summed E-state index contributed by atoms with van der Waals surface area (Å²) in [5, 5.41) is 7.12. The third-order valence-corrected chi connectivity index (χ3v) is 3.89. The highest BCUT2D eigenvalue weighted by atomic mass is 35.5. The van der Waals surface area contributed by atoms with E-state index >= 15 is 0 Å². The topological polar surface area (TPSA) is 58.4 Å². The summed E-state index contributed by atoms with van der Waals surface area (Å²) in [4.78, 5) is 15.0.